The molecule has 0 radical (unpaired) electrons. The predicted octanol–water partition coefficient (Wildman–Crippen LogP) is 3.58. The van der Waals surface area contributed by atoms with Gasteiger partial charge in [0.25, 0.3) is 0 Å². The van der Waals surface area contributed by atoms with Gasteiger partial charge >= 0.3 is 5.97 Å². The SMILES string of the molecule is CCOC(=O)c1oc2ccccc2c1CSc1ncnc2c1cnn2C. The molecule has 0 spiro atoms. The van der Waals surface area contributed by atoms with Crippen molar-refractivity contribution >= 4 is 39.7 Å². The van der Waals surface area contributed by atoms with Gasteiger partial charge in [-0.25, -0.2) is 14.8 Å². The zero-order valence-corrected chi connectivity index (χ0v) is 15.1. The third-order valence-electron chi connectivity index (χ3n) is 4.01. The second-order valence-electron chi connectivity index (χ2n) is 5.60. The van der Waals surface area contributed by atoms with Crippen molar-refractivity contribution in [3.05, 3.63) is 48.1 Å². The monoisotopic (exact) mass is 368 g/mol. The third-order valence-corrected chi connectivity index (χ3v) is 5.04. The van der Waals surface area contributed by atoms with Crippen LogP contribution in [-0.2, 0) is 17.5 Å². The molecule has 4 aromatic rings. The van der Waals surface area contributed by atoms with E-state index in [0.29, 0.717) is 17.9 Å². The average Bonchev–Trinajstić information content (AvgIpc) is 3.22. The highest BCUT2D eigenvalue weighted by atomic mass is 32.2. The number of hydrogen-bond donors (Lipinski definition) is 0. The summed E-state index contributed by atoms with van der Waals surface area (Å²) in [5.41, 5.74) is 2.24. The van der Waals surface area contributed by atoms with Gasteiger partial charge in [-0.05, 0) is 13.0 Å². The smallest absolute Gasteiger partial charge is 0.374 e. The minimum Gasteiger partial charge on any atom is -0.460 e. The Bertz CT molecular complexity index is 1100. The summed E-state index contributed by atoms with van der Waals surface area (Å²) in [5.74, 6) is 0.317. The molecule has 8 heteroatoms. The van der Waals surface area contributed by atoms with Gasteiger partial charge in [-0.3, -0.25) is 4.68 Å². The molecule has 3 aromatic heterocycles. The Labute approximate surface area is 153 Å². The summed E-state index contributed by atoms with van der Waals surface area (Å²) in [7, 11) is 1.84. The quantitative estimate of drug-likeness (QED) is 0.302. The van der Waals surface area contributed by atoms with Crippen molar-refractivity contribution in [3.8, 4) is 0 Å². The number of furan rings is 1. The molecule has 4 rings (SSSR count). The molecule has 0 N–H and O–H groups in total. The van der Waals surface area contributed by atoms with E-state index in [1.165, 1.54) is 18.1 Å². The summed E-state index contributed by atoms with van der Waals surface area (Å²) in [6.07, 6.45) is 3.27. The molecule has 3 heterocycles. The summed E-state index contributed by atoms with van der Waals surface area (Å²) in [4.78, 5) is 20.9. The lowest BCUT2D eigenvalue weighted by atomic mass is 10.1. The number of rotatable bonds is 5. The Morgan fingerprint density at radius 3 is 2.96 bits per heavy atom. The Morgan fingerprint density at radius 1 is 1.27 bits per heavy atom. The van der Waals surface area contributed by atoms with E-state index < -0.39 is 5.97 Å². The van der Waals surface area contributed by atoms with Gasteiger partial charge in [0.1, 0.15) is 16.9 Å². The molecular weight excluding hydrogens is 352 g/mol. The third kappa shape index (κ3) is 2.82. The van der Waals surface area contributed by atoms with Crippen LogP contribution in [0.4, 0.5) is 0 Å². The first-order valence-corrected chi connectivity index (χ1v) is 9.10. The normalized spacial score (nSPS) is 11.3. The van der Waals surface area contributed by atoms with Crippen molar-refractivity contribution in [2.45, 2.75) is 17.7 Å². The first-order chi connectivity index (χ1) is 12.7. The fraction of sp³-hybridized carbons (Fsp3) is 0.222. The van der Waals surface area contributed by atoms with Gasteiger partial charge in [-0.2, -0.15) is 5.10 Å². The summed E-state index contributed by atoms with van der Waals surface area (Å²) in [5, 5.41) is 6.82. The molecular formula is C18H16N4O3S. The van der Waals surface area contributed by atoms with E-state index in [1.54, 1.807) is 17.8 Å². The highest BCUT2D eigenvalue weighted by Crippen LogP contribution is 2.33. The molecule has 0 unspecified atom stereocenters. The van der Waals surface area contributed by atoms with Crippen LogP contribution in [0.1, 0.15) is 23.0 Å². The van der Waals surface area contributed by atoms with Crippen LogP contribution < -0.4 is 0 Å². The number of nitrogens with zero attached hydrogens (tertiary/aromatic N) is 4. The largest absolute Gasteiger partial charge is 0.460 e. The second kappa shape index (κ2) is 6.80. The number of thioether (sulfide) groups is 1. The molecule has 26 heavy (non-hydrogen) atoms. The van der Waals surface area contributed by atoms with Crippen LogP contribution in [0.5, 0.6) is 0 Å². The summed E-state index contributed by atoms with van der Waals surface area (Å²) in [6, 6.07) is 7.58. The fourth-order valence-corrected chi connectivity index (χ4v) is 3.79. The highest BCUT2D eigenvalue weighted by molar-refractivity contribution is 7.98. The van der Waals surface area contributed by atoms with E-state index >= 15 is 0 Å². The number of esters is 1. The number of para-hydroxylation sites is 1. The number of fused-ring (bicyclic) bond motifs is 2. The maximum atomic E-state index is 12.3. The summed E-state index contributed by atoms with van der Waals surface area (Å²) in [6.45, 7) is 2.07. The van der Waals surface area contributed by atoms with E-state index in [9.17, 15) is 4.79 Å². The molecule has 132 valence electrons. The van der Waals surface area contributed by atoms with E-state index in [2.05, 4.69) is 15.1 Å². The molecule has 0 aliphatic heterocycles. The van der Waals surface area contributed by atoms with Crippen molar-refractivity contribution in [2.75, 3.05) is 6.61 Å². The van der Waals surface area contributed by atoms with Crippen molar-refractivity contribution in [3.63, 3.8) is 0 Å². The first kappa shape index (κ1) is 16.6. The predicted molar refractivity (Wildman–Crippen MR) is 98.0 cm³/mol. The Morgan fingerprint density at radius 2 is 2.12 bits per heavy atom. The van der Waals surface area contributed by atoms with Crippen LogP contribution in [0.25, 0.3) is 22.0 Å². The number of hydrogen-bond acceptors (Lipinski definition) is 7. The molecule has 0 saturated heterocycles. The lowest BCUT2D eigenvalue weighted by molar-refractivity contribution is 0.0491. The van der Waals surface area contributed by atoms with Gasteiger partial charge in [-0.1, -0.05) is 18.2 Å². The zero-order chi connectivity index (χ0) is 18.1. The number of benzene rings is 1. The number of carbonyl (C=O) groups excluding carboxylic acids is 1. The van der Waals surface area contributed by atoms with Crippen LogP contribution >= 0.6 is 11.8 Å². The molecule has 0 bridgehead atoms. The van der Waals surface area contributed by atoms with E-state index in [0.717, 1.165) is 27.0 Å². The number of carbonyl (C=O) groups is 1. The molecule has 0 aliphatic carbocycles. The Hall–Kier alpha value is -2.87. The van der Waals surface area contributed by atoms with Gasteiger partial charge in [0, 0.05) is 23.8 Å². The van der Waals surface area contributed by atoms with Crippen molar-refractivity contribution in [1.82, 2.24) is 19.7 Å². The molecule has 0 atom stereocenters. The van der Waals surface area contributed by atoms with Gasteiger partial charge in [0.15, 0.2) is 5.65 Å². The lowest BCUT2D eigenvalue weighted by Gasteiger charge is -2.04. The average molecular weight is 368 g/mol. The number of aromatic nitrogens is 4. The van der Waals surface area contributed by atoms with Crippen LogP contribution in [0.3, 0.4) is 0 Å². The van der Waals surface area contributed by atoms with Crippen molar-refractivity contribution < 1.29 is 13.9 Å². The standard InChI is InChI=1S/C18H16N4O3S/c1-3-24-18(23)15-13(11-6-4-5-7-14(11)25-15)9-26-17-12-8-21-22(2)16(12)19-10-20-17/h4-8,10H,3,9H2,1-2H3. The van der Waals surface area contributed by atoms with Gasteiger partial charge in [0.2, 0.25) is 5.76 Å². The number of ether oxygens (including phenoxy) is 1. The van der Waals surface area contributed by atoms with Crippen molar-refractivity contribution in [1.29, 1.82) is 0 Å². The lowest BCUT2D eigenvalue weighted by Crippen LogP contribution is -2.05. The van der Waals surface area contributed by atoms with Crippen LogP contribution in [0.15, 0.2) is 46.2 Å². The van der Waals surface area contributed by atoms with E-state index in [4.69, 9.17) is 9.15 Å². The van der Waals surface area contributed by atoms with Crippen LogP contribution in [0, 0.1) is 0 Å². The molecule has 0 amide bonds. The second-order valence-corrected chi connectivity index (χ2v) is 6.56. The summed E-state index contributed by atoms with van der Waals surface area (Å²) >= 11 is 1.51. The zero-order valence-electron chi connectivity index (χ0n) is 14.3. The number of aryl methyl sites for hydroxylation is 1. The van der Waals surface area contributed by atoms with Crippen LogP contribution in [-0.4, -0.2) is 32.3 Å². The maximum Gasteiger partial charge on any atom is 0.374 e. The topological polar surface area (TPSA) is 83.0 Å². The molecule has 0 saturated carbocycles. The minimum atomic E-state index is -0.450. The summed E-state index contributed by atoms with van der Waals surface area (Å²) < 4.78 is 12.6. The van der Waals surface area contributed by atoms with Gasteiger partial charge in [0.05, 0.1) is 18.2 Å². The first-order valence-electron chi connectivity index (χ1n) is 8.12. The van der Waals surface area contributed by atoms with E-state index in [-0.39, 0.29) is 5.76 Å². The highest BCUT2D eigenvalue weighted by Gasteiger charge is 2.22. The Kier molecular flexibility index (Phi) is 4.34. The Balaban J connectivity index is 1.72. The molecule has 1 aromatic carbocycles. The van der Waals surface area contributed by atoms with E-state index in [1.807, 2.05) is 31.3 Å². The van der Waals surface area contributed by atoms with Gasteiger partial charge < -0.3 is 9.15 Å². The fourth-order valence-electron chi connectivity index (χ4n) is 2.80. The molecule has 0 fully saturated rings. The van der Waals surface area contributed by atoms with Crippen LogP contribution in [0.2, 0.25) is 0 Å². The minimum absolute atomic E-state index is 0.247. The van der Waals surface area contributed by atoms with Gasteiger partial charge in [-0.15, -0.1) is 11.8 Å². The van der Waals surface area contributed by atoms with Crippen molar-refractivity contribution in [2.24, 2.45) is 7.05 Å². The molecule has 7 nitrogen and oxygen atoms in total. The maximum absolute atomic E-state index is 12.3. The molecule has 0 aliphatic rings.